The van der Waals surface area contributed by atoms with E-state index in [4.69, 9.17) is 0 Å². The molecule has 0 unspecified atom stereocenters. The minimum Gasteiger partial charge on any atom is -0.312 e. The highest BCUT2D eigenvalue weighted by atomic mass is 32.1. The highest BCUT2D eigenvalue weighted by molar-refractivity contribution is 7.09. The first-order valence-corrected chi connectivity index (χ1v) is 6.30. The van der Waals surface area contributed by atoms with Gasteiger partial charge in [0.25, 0.3) is 5.91 Å². The van der Waals surface area contributed by atoms with Crippen molar-refractivity contribution >= 4 is 23.3 Å². The molecule has 0 aliphatic carbocycles. The molecule has 2 aliphatic heterocycles. The molecule has 3 amide bonds. The quantitative estimate of drug-likeness (QED) is 0.733. The SMILES string of the molecule is O=C1[C@H]2CCCN2C(=O)N1Cc1cccs1. The van der Waals surface area contributed by atoms with Crippen LogP contribution < -0.4 is 0 Å². The van der Waals surface area contributed by atoms with Gasteiger partial charge in [-0.3, -0.25) is 9.69 Å². The lowest BCUT2D eigenvalue weighted by Crippen LogP contribution is -2.32. The third-order valence-electron chi connectivity index (χ3n) is 3.17. The van der Waals surface area contributed by atoms with Crippen LogP contribution in [0.3, 0.4) is 0 Å². The summed E-state index contributed by atoms with van der Waals surface area (Å²) < 4.78 is 0. The standard InChI is InChI=1S/C11H12N2O2S/c14-10-9-4-1-5-12(9)11(15)13(10)7-8-3-2-6-16-8/h2-3,6,9H,1,4-5,7H2/t9-/m1/s1. The summed E-state index contributed by atoms with van der Waals surface area (Å²) in [6.07, 6.45) is 1.78. The van der Waals surface area contributed by atoms with Gasteiger partial charge in [0.05, 0.1) is 6.54 Å². The summed E-state index contributed by atoms with van der Waals surface area (Å²) in [5.74, 6) is -0.0177. The number of carbonyl (C=O) groups is 2. The molecule has 5 heteroatoms. The molecule has 3 rings (SSSR count). The van der Waals surface area contributed by atoms with E-state index in [2.05, 4.69) is 0 Å². The molecule has 0 saturated carbocycles. The first kappa shape index (κ1) is 9.84. The molecule has 0 aromatic carbocycles. The lowest BCUT2D eigenvalue weighted by molar-refractivity contribution is -0.128. The minimum atomic E-state index is -0.174. The van der Waals surface area contributed by atoms with Crippen molar-refractivity contribution in [1.29, 1.82) is 0 Å². The summed E-state index contributed by atoms with van der Waals surface area (Å²) in [4.78, 5) is 28.1. The highest BCUT2D eigenvalue weighted by Crippen LogP contribution is 2.28. The first-order valence-electron chi connectivity index (χ1n) is 5.42. The maximum absolute atomic E-state index is 12.0. The maximum Gasteiger partial charge on any atom is 0.327 e. The molecular formula is C11H12N2O2S. The predicted molar refractivity (Wildman–Crippen MR) is 60.0 cm³/mol. The molecule has 3 heterocycles. The van der Waals surface area contributed by atoms with Crippen LogP contribution in [0.1, 0.15) is 17.7 Å². The number of hydrogen-bond donors (Lipinski definition) is 0. The number of carbonyl (C=O) groups excluding carboxylic acids is 2. The topological polar surface area (TPSA) is 40.6 Å². The van der Waals surface area contributed by atoms with E-state index in [1.807, 2.05) is 17.5 Å². The second kappa shape index (κ2) is 3.59. The Kier molecular flexibility index (Phi) is 2.21. The van der Waals surface area contributed by atoms with Gasteiger partial charge in [0.1, 0.15) is 6.04 Å². The fourth-order valence-electron chi connectivity index (χ4n) is 2.39. The van der Waals surface area contributed by atoms with Crippen molar-refractivity contribution in [2.24, 2.45) is 0 Å². The van der Waals surface area contributed by atoms with E-state index < -0.39 is 0 Å². The zero-order valence-corrected chi connectivity index (χ0v) is 9.57. The second-order valence-electron chi connectivity index (χ2n) is 4.14. The Hall–Kier alpha value is -1.36. The fraction of sp³-hybridized carbons (Fsp3) is 0.455. The number of amides is 3. The molecule has 1 aromatic heterocycles. The van der Waals surface area contributed by atoms with E-state index in [-0.39, 0.29) is 18.0 Å². The van der Waals surface area contributed by atoms with Crippen LogP contribution in [0.4, 0.5) is 4.79 Å². The van der Waals surface area contributed by atoms with Crippen LogP contribution in [0.2, 0.25) is 0 Å². The number of rotatable bonds is 2. The zero-order valence-electron chi connectivity index (χ0n) is 8.76. The average Bonchev–Trinajstić information content (AvgIpc) is 2.97. The molecule has 1 atom stereocenters. The van der Waals surface area contributed by atoms with Crippen LogP contribution in [-0.4, -0.2) is 34.3 Å². The van der Waals surface area contributed by atoms with Crippen LogP contribution in [-0.2, 0) is 11.3 Å². The van der Waals surface area contributed by atoms with Gasteiger partial charge < -0.3 is 4.90 Å². The summed E-state index contributed by atoms with van der Waals surface area (Å²) in [6, 6.07) is 3.61. The van der Waals surface area contributed by atoms with Crippen LogP contribution in [0.15, 0.2) is 17.5 Å². The molecule has 0 radical (unpaired) electrons. The predicted octanol–water partition coefficient (Wildman–Crippen LogP) is 1.67. The molecule has 84 valence electrons. The third-order valence-corrected chi connectivity index (χ3v) is 4.04. The van der Waals surface area contributed by atoms with E-state index in [1.54, 1.807) is 16.2 Å². The highest BCUT2D eigenvalue weighted by Gasteiger charge is 2.47. The molecule has 2 saturated heterocycles. The summed E-state index contributed by atoms with van der Waals surface area (Å²) in [6.45, 7) is 1.17. The maximum atomic E-state index is 12.0. The van der Waals surface area contributed by atoms with Gasteiger partial charge >= 0.3 is 6.03 Å². The molecule has 2 fully saturated rings. The molecule has 16 heavy (non-hydrogen) atoms. The summed E-state index contributed by atoms with van der Waals surface area (Å²) >= 11 is 1.58. The Balaban J connectivity index is 1.81. The normalized spacial score (nSPS) is 24.4. The van der Waals surface area contributed by atoms with E-state index in [1.165, 1.54) is 4.90 Å². The van der Waals surface area contributed by atoms with Gasteiger partial charge in [-0.2, -0.15) is 0 Å². The molecular weight excluding hydrogens is 224 g/mol. The molecule has 0 N–H and O–H groups in total. The Bertz CT molecular complexity index is 407. The number of nitrogens with zero attached hydrogens (tertiary/aromatic N) is 2. The number of hydrogen-bond acceptors (Lipinski definition) is 3. The van der Waals surface area contributed by atoms with Crippen LogP contribution in [0.25, 0.3) is 0 Å². The molecule has 2 aliphatic rings. The van der Waals surface area contributed by atoms with Gasteiger partial charge in [0.2, 0.25) is 0 Å². The van der Waals surface area contributed by atoms with E-state index in [9.17, 15) is 9.59 Å². The van der Waals surface area contributed by atoms with Crippen molar-refractivity contribution in [1.82, 2.24) is 9.80 Å². The van der Waals surface area contributed by atoms with E-state index in [0.29, 0.717) is 6.54 Å². The van der Waals surface area contributed by atoms with Crippen molar-refractivity contribution in [3.8, 4) is 0 Å². The number of imide groups is 1. The van der Waals surface area contributed by atoms with Gasteiger partial charge in [0, 0.05) is 11.4 Å². The fourth-order valence-corrected chi connectivity index (χ4v) is 3.08. The van der Waals surface area contributed by atoms with Crippen molar-refractivity contribution in [2.75, 3.05) is 6.54 Å². The third kappa shape index (κ3) is 1.35. The van der Waals surface area contributed by atoms with Gasteiger partial charge in [-0.15, -0.1) is 11.3 Å². The van der Waals surface area contributed by atoms with Crippen molar-refractivity contribution in [3.05, 3.63) is 22.4 Å². The first-order chi connectivity index (χ1) is 7.77. The zero-order chi connectivity index (χ0) is 11.1. The minimum absolute atomic E-state index is 0.0177. The largest absolute Gasteiger partial charge is 0.327 e. The van der Waals surface area contributed by atoms with Gasteiger partial charge in [-0.1, -0.05) is 6.07 Å². The van der Waals surface area contributed by atoms with Gasteiger partial charge in [-0.25, -0.2) is 4.79 Å². The number of fused-ring (bicyclic) bond motifs is 1. The number of thiophene rings is 1. The van der Waals surface area contributed by atoms with Crippen molar-refractivity contribution in [2.45, 2.75) is 25.4 Å². The Morgan fingerprint density at radius 3 is 3.00 bits per heavy atom. The monoisotopic (exact) mass is 236 g/mol. The van der Waals surface area contributed by atoms with Gasteiger partial charge in [0.15, 0.2) is 0 Å². The Morgan fingerprint density at radius 2 is 2.31 bits per heavy atom. The van der Waals surface area contributed by atoms with Crippen LogP contribution >= 0.6 is 11.3 Å². The smallest absolute Gasteiger partial charge is 0.312 e. The van der Waals surface area contributed by atoms with Gasteiger partial charge in [-0.05, 0) is 24.3 Å². The molecule has 0 bridgehead atoms. The average molecular weight is 236 g/mol. The lowest BCUT2D eigenvalue weighted by Gasteiger charge is -2.14. The Labute approximate surface area is 97.5 Å². The lowest BCUT2D eigenvalue weighted by atomic mass is 10.2. The second-order valence-corrected chi connectivity index (χ2v) is 5.17. The van der Waals surface area contributed by atoms with Crippen molar-refractivity contribution in [3.63, 3.8) is 0 Å². The number of urea groups is 1. The summed E-state index contributed by atoms with van der Waals surface area (Å²) in [5, 5.41) is 1.96. The Morgan fingerprint density at radius 1 is 1.44 bits per heavy atom. The molecule has 0 spiro atoms. The summed E-state index contributed by atoms with van der Waals surface area (Å²) in [5.41, 5.74) is 0. The van der Waals surface area contributed by atoms with Crippen molar-refractivity contribution < 1.29 is 9.59 Å². The van der Waals surface area contributed by atoms with E-state index in [0.717, 1.165) is 24.3 Å². The molecule has 1 aromatic rings. The van der Waals surface area contributed by atoms with Crippen LogP contribution in [0, 0.1) is 0 Å². The van der Waals surface area contributed by atoms with E-state index >= 15 is 0 Å². The molecule has 4 nitrogen and oxygen atoms in total. The summed E-state index contributed by atoms with van der Waals surface area (Å²) in [7, 11) is 0. The van der Waals surface area contributed by atoms with Crippen LogP contribution in [0.5, 0.6) is 0 Å².